The molecule has 3 aromatic rings. The molecule has 0 bridgehead atoms. The van der Waals surface area contributed by atoms with Gasteiger partial charge in [-0.3, -0.25) is 0 Å². The maximum Gasteiger partial charge on any atom is 0.142 e. The van der Waals surface area contributed by atoms with Gasteiger partial charge in [-0.25, -0.2) is 13.8 Å². The fourth-order valence-electron chi connectivity index (χ4n) is 2.72. The normalized spacial score (nSPS) is 10.5. The molecule has 0 aliphatic rings. The molecule has 0 radical (unpaired) electrons. The Morgan fingerprint density at radius 2 is 1.80 bits per heavy atom. The van der Waals surface area contributed by atoms with Gasteiger partial charge in [0.2, 0.25) is 0 Å². The van der Waals surface area contributed by atoms with Gasteiger partial charge in [0.05, 0.1) is 5.69 Å². The second-order valence-corrected chi connectivity index (χ2v) is 6.38. The number of anilines is 1. The van der Waals surface area contributed by atoms with Crippen LogP contribution in [-0.2, 0) is 0 Å². The summed E-state index contributed by atoms with van der Waals surface area (Å²) in [5, 5.41) is 9.49. The number of aromatic nitrogens is 1. The summed E-state index contributed by atoms with van der Waals surface area (Å²) in [7, 11) is 0. The van der Waals surface area contributed by atoms with Gasteiger partial charge in [0.25, 0.3) is 0 Å². The number of halogens is 3. The summed E-state index contributed by atoms with van der Waals surface area (Å²) in [6, 6.07) is 12.2. The van der Waals surface area contributed by atoms with Crippen molar-refractivity contribution < 1.29 is 8.78 Å². The molecule has 2 N–H and O–H groups in total. The Labute approximate surface area is 151 Å². The number of hydrogen-bond donors (Lipinski definition) is 1. The van der Waals surface area contributed by atoms with E-state index in [1.54, 1.807) is 31.2 Å². The lowest BCUT2D eigenvalue weighted by atomic mass is 9.92. The molecule has 3 nitrogen and oxygen atoms in total. The van der Waals surface area contributed by atoms with E-state index in [0.29, 0.717) is 26.9 Å². The molecule has 0 aliphatic heterocycles. The number of benzene rings is 2. The molecule has 0 saturated heterocycles. The molecule has 0 amide bonds. The Morgan fingerprint density at radius 3 is 2.44 bits per heavy atom. The van der Waals surface area contributed by atoms with Gasteiger partial charge in [-0.2, -0.15) is 5.26 Å². The van der Waals surface area contributed by atoms with Crippen LogP contribution in [0.4, 0.5) is 14.6 Å². The zero-order valence-corrected chi connectivity index (χ0v) is 14.7. The van der Waals surface area contributed by atoms with Crippen molar-refractivity contribution in [3.63, 3.8) is 0 Å². The summed E-state index contributed by atoms with van der Waals surface area (Å²) in [5.41, 5.74) is 8.40. The molecule has 124 valence electrons. The molecule has 0 fully saturated rings. The molecular weight excluding hydrogens is 388 g/mol. The van der Waals surface area contributed by atoms with E-state index in [4.69, 9.17) is 5.73 Å². The molecule has 1 heterocycles. The highest BCUT2D eigenvalue weighted by Crippen LogP contribution is 2.37. The van der Waals surface area contributed by atoms with E-state index < -0.39 is 5.82 Å². The predicted molar refractivity (Wildman–Crippen MR) is 96.6 cm³/mol. The van der Waals surface area contributed by atoms with Gasteiger partial charge in [0.1, 0.15) is 29.1 Å². The number of rotatable bonds is 2. The van der Waals surface area contributed by atoms with Crippen LogP contribution in [0.2, 0.25) is 0 Å². The van der Waals surface area contributed by atoms with Crippen LogP contribution >= 0.6 is 15.9 Å². The third-order valence-electron chi connectivity index (χ3n) is 3.90. The second-order valence-electron chi connectivity index (χ2n) is 5.46. The fourth-order valence-corrected chi connectivity index (χ4v) is 3.08. The lowest BCUT2D eigenvalue weighted by Crippen LogP contribution is -2.04. The molecule has 0 saturated carbocycles. The summed E-state index contributed by atoms with van der Waals surface area (Å²) < 4.78 is 28.3. The Bertz CT molecular complexity index is 1010. The number of nitrogens with zero attached hydrogens (tertiary/aromatic N) is 2. The maximum atomic E-state index is 14.4. The molecule has 0 spiro atoms. The van der Waals surface area contributed by atoms with Crippen LogP contribution in [0.25, 0.3) is 22.4 Å². The highest BCUT2D eigenvalue weighted by molar-refractivity contribution is 9.10. The van der Waals surface area contributed by atoms with Crippen molar-refractivity contribution in [3.8, 4) is 28.5 Å². The van der Waals surface area contributed by atoms with Crippen LogP contribution < -0.4 is 5.73 Å². The van der Waals surface area contributed by atoms with E-state index in [1.807, 2.05) is 6.07 Å². The van der Waals surface area contributed by atoms with Crippen LogP contribution in [0.15, 0.2) is 46.9 Å². The van der Waals surface area contributed by atoms with E-state index in [-0.39, 0.29) is 22.8 Å². The lowest BCUT2D eigenvalue weighted by Gasteiger charge is -2.16. The van der Waals surface area contributed by atoms with Crippen molar-refractivity contribution in [1.29, 1.82) is 5.26 Å². The first-order chi connectivity index (χ1) is 11.9. The van der Waals surface area contributed by atoms with Crippen molar-refractivity contribution in [2.24, 2.45) is 0 Å². The average Bonchev–Trinajstić information content (AvgIpc) is 2.59. The molecule has 3 rings (SSSR count). The number of nitriles is 1. The SMILES string of the molecule is Cc1c(-c2ccc(F)cc2)nc(N)c(C#N)c1-c1cc(Br)ccc1F. The van der Waals surface area contributed by atoms with Crippen molar-refractivity contribution >= 4 is 21.7 Å². The van der Waals surface area contributed by atoms with Crippen molar-refractivity contribution in [2.45, 2.75) is 6.92 Å². The third-order valence-corrected chi connectivity index (χ3v) is 4.39. The first-order valence-corrected chi connectivity index (χ1v) is 8.13. The first-order valence-electron chi connectivity index (χ1n) is 7.34. The molecule has 0 atom stereocenters. The van der Waals surface area contributed by atoms with Crippen LogP contribution in [0.1, 0.15) is 11.1 Å². The van der Waals surface area contributed by atoms with Gasteiger partial charge in [-0.1, -0.05) is 15.9 Å². The molecular formula is C19H12BrF2N3. The third kappa shape index (κ3) is 3.11. The van der Waals surface area contributed by atoms with Crippen LogP contribution in [-0.4, -0.2) is 4.98 Å². The Balaban J connectivity index is 2.36. The summed E-state index contributed by atoms with van der Waals surface area (Å²) in [6.45, 7) is 1.74. The highest BCUT2D eigenvalue weighted by atomic mass is 79.9. The summed E-state index contributed by atoms with van der Waals surface area (Å²) in [6.07, 6.45) is 0. The Kier molecular flexibility index (Phi) is 4.51. The topological polar surface area (TPSA) is 62.7 Å². The lowest BCUT2D eigenvalue weighted by molar-refractivity contribution is 0.628. The molecule has 1 aromatic heterocycles. The minimum absolute atomic E-state index is 0.00167. The van der Waals surface area contributed by atoms with Gasteiger partial charge in [-0.15, -0.1) is 0 Å². The standard InChI is InChI=1S/C19H12BrF2N3/c1-10-17(14-8-12(20)4-7-16(14)22)15(9-23)19(24)25-18(10)11-2-5-13(21)6-3-11/h2-8H,1H3,(H2,24,25). The maximum absolute atomic E-state index is 14.4. The average molecular weight is 400 g/mol. The number of nitrogens with two attached hydrogens (primary N) is 1. The minimum Gasteiger partial charge on any atom is -0.383 e. The van der Waals surface area contributed by atoms with Gasteiger partial charge >= 0.3 is 0 Å². The quantitative estimate of drug-likeness (QED) is 0.642. The van der Waals surface area contributed by atoms with Gasteiger partial charge < -0.3 is 5.73 Å². The molecule has 25 heavy (non-hydrogen) atoms. The fraction of sp³-hybridized carbons (Fsp3) is 0.0526. The summed E-state index contributed by atoms with van der Waals surface area (Å²) >= 11 is 3.32. The van der Waals surface area contributed by atoms with Crippen molar-refractivity contribution in [2.75, 3.05) is 5.73 Å². The van der Waals surface area contributed by atoms with Crippen LogP contribution in [0.5, 0.6) is 0 Å². The Morgan fingerprint density at radius 1 is 1.12 bits per heavy atom. The van der Waals surface area contributed by atoms with E-state index in [0.717, 1.165) is 0 Å². The summed E-state index contributed by atoms with van der Waals surface area (Å²) in [5.74, 6) is -0.846. The zero-order chi connectivity index (χ0) is 18.1. The first kappa shape index (κ1) is 17.1. The molecule has 2 aromatic carbocycles. The molecule has 0 aliphatic carbocycles. The highest BCUT2D eigenvalue weighted by Gasteiger charge is 2.20. The molecule has 0 unspecified atom stereocenters. The van der Waals surface area contributed by atoms with Crippen molar-refractivity contribution in [3.05, 3.63) is 69.7 Å². The number of nitrogen functional groups attached to an aromatic ring is 1. The van der Waals surface area contributed by atoms with E-state index in [1.165, 1.54) is 18.2 Å². The molecule has 6 heteroatoms. The van der Waals surface area contributed by atoms with Crippen LogP contribution in [0.3, 0.4) is 0 Å². The monoisotopic (exact) mass is 399 g/mol. The van der Waals surface area contributed by atoms with E-state index in [2.05, 4.69) is 20.9 Å². The van der Waals surface area contributed by atoms with Gasteiger partial charge in [0.15, 0.2) is 0 Å². The summed E-state index contributed by atoms with van der Waals surface area (Å²) in [4.78, 5) is 4.28. The predicted octanol–water partition coefficient (Wildman–Crippen LogP) is 5.22. The number of pyridine rings is 1. The second kappa shape index (κ2) is 6.61. The van der Waals surface area contributed by atoms with Gasteiger partial charge in [-0.05, 0) is 55.0 Å². The van der Waals surface area contributed by atoms with Gasteiger partial charge in [0, 0.05) is 21.2 Å². The van der Waals surface area contributed by atoms with Crippen LogP contribution in [0, 0.1) is 29.9 Å². The zero-order valence-electron chi connectivity index (χ0n) is 13.1. The number of hydrogen-bond acceptors (Lipinski definition) is 3. The van der Waals surface area contributed by atoms with Crippen molar-refractivity contribution in [1.82, 2.24) is 4.98 Å². The largest absolute Gasteiger partial charge is 0.383 e. The minimum atomic E-state index is -0.474. The Hall–Kier alpha value is -2.78. The van der Waals surface area contributed by atoms with E-state index >= 15 is 0 Å². The van der Waals surface area contributed by atoms with E-state index in [9.17, 15) is 14.0 Å². The smallest absolute Gasteiger partial charge is 0.142 e.